The molecule has 17 heavy (non-hydrogen) atoms. The Hall–Kier alpha value is -0.990. The lowest BCUT2D eigenvalue weighted by Crippen LogP contribution is -2.30. The molecule has 0 spiro atoms. The normalized spacial score (nSPS) is 12.0. The molecule has 0 aromatic carbocycles. The number of nitrogens with one attached hydrogen (secondary N) is 1. The van der Waals surface area contributed by atoms with Gasteiger partial charge in [-0.05, 0) is 20.8 Å². The van der Waals surface area contributed by atoms with Crippen molar-refractivity contribution in [1.82, 2.24) is 9.71 Å². The number of thiazole rings is 1. The molecule has 0 bridgehead atoms. The minimum atomic E-state index is -3.35. The van der Waals surface area contributed by atoms with Gasteiger partial charge in [0.05, 0.1) is 17.5 Å². The summed E-state index contributed by atoms with van der Waals surface area (Å²) in [7, 11) is -3.35. The van der Waals surface area contributed by atoms with Crippen molar-refractivity contribution in [2.45, 2.75) is 32.6 Å². The van der Waals surface area contributed by atoms with Crippen LogP contribution in [-0.2, 0) is 16.6 Å². The maximum atomic E-state index is 11.5. The lowest BCUT2D eigenvalue weighted by Gasteiger charge is -2.07. The Bertz CT molecular complexity index is 519. The minimum Gasteiger partial charge on any atom is -0.477 e. The standard InChI is InChI=1S/C9H14N2O4S2/c1-5(2)17(14,15)10-4-7-11-6(3)8(16-7)9(12)13/h5,10H,4H2,1-3H3,(H,12,13). The Balaban J connectivity index is 2.78. The number of carboxylic acid groups (broad SMARTS) is 1. The van der Waals surface area contributed by atoms with Gasteiger partial charge in [-0.3, -0.25) is 0 Å². The number of carbonyl (C=O) groups is 1. The summed E-state index contributed by atoms with van der Waals surface area (Å²) >= 11 is 0.982. The minimum absolute atomic E-state index is 0.0271. The summed E-state index contributed by atoms with van der Waals surface area (Å²) in [5, 5.41) is 8.75. The molecule has 0 saturated heterocycles. The summed E-state index contributed by atoms with van der Waals surface area (Å²) in [6.07, 6.45) is 0. The van der Waals surface area contributed by atoms with Gasteiger partial charge in [0, 0.05) is 0 Å². The molecule has 96 valence electrons. The fraction of sp³-hybridized carbons (Fsp3) is 0.556. The first-order valence-electron chi connectivity index (χ1n) is 4.92. The summed E-state index contributed by atoms with van der Waals surface area (Å²) in [5.41, 5.74) is 0.404. The van der Waals surface area contributed by atoms with E-state index in [0.717, 1.165) is 11.3 Å². The van der Waals surface area contributed by atoms with E-state index >= 15 is 0 Å². The van der Waals surface area contributed by atoms with Crippen molar-refractivity contribution < 1.29 is 18.3 Å². The Morgan fingerprint density at radius 1 is 1.53 bits per heavy atom. The number of aryl methyl sites for hydroxylation is 1. The van der Waals surface area contributed by atoms with Crippen LogP contribution in [-0.4, -0.2) is 29.7 Å². The molecule has 0 fully saturated rings. The van der Waals surface area contributed by atoms with Crippen LogP contribution in [0.4, 0.5) is 0 Å². The van der Waals surface area contributed by atoms with E-state index in [0.29, 0.717) is 10.7 Å². The maximum Gasteiger partial charge on any atom is 0.347 e. The van der Waals surface area contributed by atoms with E-state index in [1.54, 1.807) is 20.8 Å². The molecule has 0 amide bonds. The van der Waals surface area contributed by atoms with Gasteiger partial charge in [-0.1, -0.05) is 0 Å². The van der Waals surface area contributed by atoms with Crippen molar-refractivity contribution >= 4 is 27.3 Å². The van der Waals surface area contributed by atoms with E-state index < -0.39 is 21.2 Å². The number of nitrogens with zero attached hydrogens (tertiary/aromatic N) is 1. The van der Waals surface area contributed by atoms with Crippen LogP contribution in [0.3, 0.4) is 0 Å². The first kappa shape index (κ1) is 14.1. The summed E-state index contributed by atoms with van der Waals surface area (Å²) in [6, 6.07) is 0. The largest absolute Gasteiger partial charge is 0.477 e. The second-order valence-electron chi connectivity index (χ2n) is 3.74. The highest BCUT2D eigenvalue weighted by atomic mass is 32.2. The van der Waals surface area contributed by atoms with Crippen LogP contribution in [0.1, 0.15) is 34.2 Å². The van der Waals surface area contributed by atoms with Gasteiger partial charge in [0.25, 0.3) is 0 Å². The molecule has 0 aliphatic heterocycles. The third-order valence-corrected chi connectivity index (χ3v) is 5.01. The number of hydrogen-bond donors (Lipinski definition) is 2. The van der Waals surface area contributed by atoms with Gasteiger partial charge < -0.3 is 5.11 Å². The van der Waals surface area contributed by atoms with E-state index in [1.807, 2.05) is 0 Å². The Kier molecular flexibility index (Phi) is 4.23. The molecule has 1 aromatic rings. The average Bonchev–Trinajstić information content (AvgIpc) is 2.57. The third kappa shape index (κ3) is 3.48. The van der Waals surface area contributed by atoms with Crippen LogP contribution in [0, 0.1) is 6.92 Å². The fourth-order valence-corrected chi connectivity index (χ4v) is 2.66. The van der Waals surface area contributed by atoms with Crippen molar-refractivity contribution in [2.75, 3.05) is 0 Å². The van der Waals surface area contributed by atoms with E-state index in [2.05, 4.69) is 9.71 Å². The van der Waals surface area contributed by atoms with Gasteiger partial charge in [0.2, 0.25) is 10.0 Å². The number of aromatic nitrogens is 1. The lowest BCUT2D eigenvalue weighted by atomic mass is 10.4. The molecule has 1 rings (SSSR count). The molecule has 0 aliphatic carbocycles. The van der Waals surface area contributed by atoms with Crippen molar-refractivity contribution in [3.63, 3.8) is 0 Å². The van der Waals surface area contributed by atoms with Gasteiger partial charge in [0.15, 0.2) is 0 Å². The van der Waals surface area contributed by atoms with E-state index in [-0.39, 0.29) is 11.4 Å². The van der Waals surface area contributed by atoms with Crippen LogP contribution in [0.15, 0.2) is 0 Å². The predicted molar refractivity (Wildman–Crippen MR) is 64.7 cm³/mol. The highest BCUT2D eigenvalue weighted by Crippen LogP contribution is 2.18. The summed E-state index contributed by atoms with van der Waals surface area (Å²) in [4.78, 5) is 14.9. The second kappa shape index (κ2) is 5.11. The number of aromatic carboxylic acids is 1. The number of hydrogen-bond acceptors (Lipinski definition) is 5. The maximum absolute atomic E-state index is 11.5. The summed E-state index contributed by atoms with van der Waals surface area (Å²) in [6.45, 7) is 4.75. The monoisotopic (exact) mass is 278 g/mol. The topological polar surface area (TPSA) is 96.4 Å². The van der Waals surface area contributed by atoms with E-state index in [4.69, 9.17) is 5.11 Å². The van der Waals surface area contributed by atoms with Crippen LogP contribution in [0.25, 0.3) is 0 Å². The molecular weight excluding hydrogens is 264 g/mol. The Labute approximate surface area is 104 Å². The lowest BCUT2D eigenvalue weighted by molar-refractivity contribution is 0.0701. The first-order chi connectivity index (χ1) is 7.74. The molecule has 0 radical (unpaired) electrons. The van der Waals surface area contributed by atoms with Crippen LogP contribution >= 0.6 is 11.3 Å². The van der Waals surface area contributed by atoms with E-state index in [9.17, 15) is 13.2 Å². The summed E-state index contributed by atoms with van der Waals surface area (Å²) < 4.78 is 25.3. The Morgan fingerprint density at radius 3 is 2.53 bits per heavy atom. The molecule has 2 N–H and O–H groups in total. The molecule has 8 heteroatoms. The molecule has 1 heterocycles. The number of rotatable bonds is 5. The molecule has 1 aromatic heterocycles. The molecule has 0 aliphatic rings. The van der Waals surface area contributed by atoms with Crippen molar-refractivity contribution in [3.8, 4) is 0 Å². The first-order valence-corrected chi connectivity index (χ1v) is 7.28. The molecular formula is C9H14N2O4S2. The Morgan fingerprint density at radius 2 is 2.12 bits per heavy atom. The van der Waals surface area contributed by atoms with Crippen LogP contribution < -0.4 is 4.72 Å². The number of sulfonamides is 1. The van der Waals surface area contributed by atoms with Crippen LogP contribution in [0.5, 0.6) is 0 Å². The SMILES string of the molecule is Cc1nc(CNS(=O)(=O)C(C)C)sc1C(=O)O. The quantitative estimate of drug-likeness (QED) is 0.836. The van der Waals surface area contributed by atoms with Crippen molar-refractivity contribution in [3.05, 3.63) is 15.6 Å². The number of carboxylic acids is 1. The predicted octanol–water partition coefficient (Wildman–Crippen LogP) is 0.978. The zero-order valence-corrected chi connectivity index (χ0v) is 11.4. The van der Waals surface area contributed by atoms with Crippen molar-refractivity contribution in [1.29, 1.82) is 0 Å². The zero-order chi connectivity index (χ0) is 13.2. The van der Waals surface area contributed by atoms with E-state index in [1.165, 1.54) is 0 Å². The fourth-order valence-electron chi connectivity index (χ4n) is 1.06. The molecule has 0 unspecified atom stereocenters. The molecule has 6 nitrogen and oxygen atoms in total. The molecule has 0 saturated carbocycles. The van der Waals surface area contributed by atoms with Gasteiger partial charge in [0.1, 0.15) is 9.88 Å². The summed E-state index contributed by atoms with van der Waals surface area (Å²) in [5.74, 6) is -1.04. The third-order valence-electron chi connectivity index (χ3n) is 2.08. The van der Waals surface area contributed by atoms with Gasteiger partial charge in [-0.15, -0.1) is 11.3 Å². The second-order valence-corrected chi connectivity index (χ2v) is 7.15. The van der Waals surface area contributed by atoms with Crippen molar-refractivity contribution in [2.24, 2.45) is 0 Å². The highest BCUT2D eigenvalue weighted by molar-refractivity contribution is 7.90. The average molecular weight is 278 g/mol. The highest BCUT2D eigenvalue weighted by Gasteiger charge is 2.18. The van der Waals surface area contributed by atoms with Gasteiger partial charge in [-0.25, -0.2) is 22.9 Å². The smallest absolute Gasteiger partial charge is 0.347 e. The zero-order valence-electron chi connectivity index (χ0n) is 9.72. The van der Waals surface area contributed by atoms with Crippen LogP contribution in [0.2, 0.25) is 0 Å². The van der Waals surface area contributed by atoms with Gasteiger partial charge in [-0.2, -0.15) is 0 Å². The van der Waals surface area contributed by atoms with Gasteiger partial charge >= 0.3 is 5.97 Å². The molecule has 0 atom stereocenters.